The normalized spacial score (nSPS) is 11.9. The average molecular weight is 298 g/mol. The van der Waals surface area contributed by atoms with E-state index in [1.54, 1.807) is 7.11 Å². The molecular weight excluding hydrogens is 280 g/mol. The first-order valence-corrected chi connectivity index (χ1v) is 7.88. The van der Waals surface area contributed by atoms with Gasteiger partial charge in [-0.3, -0.25) is 0 Å². The third-order valence-corrected chi connectivity index (χ3v) is 4.30. The van der Waals surface area contributed by atoms with Crippen LogP contribution in [0.4, 0.5) is 0 Å². The third kappa shape index (κ3) is 3.50. The molecule has 0 saturated heterocycles. The predicted molar refractivity (Wildman–Crippen MR) is 77.3 cm³/mol. The molecule has 0 spiro atoms. The summed E-state index contributed by atoms with van der Waals surface area (Å²) < 4.78 is 35.7. The molecule has 0 saturated carbocycles. The van der Waals surface area contributed by atoms with Crippen LogP contribution in [-0.2, 0) is 16.6 Å². The zero-order chi connectivity index (χ0) is 14.6. The van der Waals surface area contributed by atoms with Crippen LogP contribution in [0.5, 0.6) is 5.75 Å². The molecule has 2 N–H and O–H groups in total. The lowest BCUT2D eigenvalue weighted by atomic mass is 10.2. The summed E-state index contributed by atoms with van der Waals surface area (Å²) in [7, 11) is -0.174. The largest absolute Gasteiger partial charge is 0.493 e. The Morgan fingerprint density at radius 1 is 1.35 bits per heavy atom. The minimum Gasteiger partial charge on any atom is -0.493 e. The van der Waals surface area contributed by atoms with Gasteiger partial charge < -0.3 is 14.5 Å². The Morgan fingerprint density at radius 3 is 2.85 bits per heavy atom. The van der Waals surface area contributed by atoms with Gasteiger partial charge in [0.2, 0.25) is 10.0 Å². The number of fused-ring (bicyclic) bond motifs is 1. The SMILES string of the molecule is CNS(=O)(=O)CCNCc1cc2cccc(OC)c2o1. The van der Waals surface area contributed by atoms with E-state index in [0.717, 1.165) is 11.1 Å². The summed E-state index contributed by atoms with van der Waals surface area (Å²) in [5.41, 5.74) is 0.703. The lowest BCUT2D eigenvalue weighted by molar-refractivity contribution is 0.406. The minimum atomic E-state index is -3.17. The fraction of sp³-hybridized carbons (Fsp3) is 0.385. The second-order valence-corrected chi connectivity index (χ2v) is 6.34. The summed E-state index contributed by atoms with van der Waals surface area (Å²) in [6.45, 7) is 0.828. The van der Waals surface area contributed by atoms with E-state index < -0.39 is 10.0 Å². The van der Waals surface area contributed by atoms with Gasteiger partial charge in [0.05, 0.1) is 19.4 Å². The predicted octanol–water partition coefficient (Wildman–Crippen LogP) is 1.08. The van der Waals surface area contributed by atoms with Crippen molar-refractivity contribution >= 4 is 21.0 Å². The van der Waals surface area contributed by atoms with Gasteiger partial charge in [-0.2, -0.15) is 0 Å². The van der Waals surface area contributed by atoms with Crippen molar-refractivity contribution in [2.75, 3.05) is 26.5 Å². The summed E-state index contributed by atoms with van der Waals surface area (Å²) >= 11 is 0. The maximum absolute atomic E-state index is 11.2. The third-order valence-electron chi connectivity index (χ3n) is 2.94. The maximum atomic E-state index is 11.2. The number of hydrogen-bond acceptors (Lipinski definition) is 5. The van der Waals surface area contributed by atoms with Crippen LogP contribution in [0.3, 0.4) is 0 Å². The van der Waals surface area contributed by atoms with Crippen molar-refractivity contribution in [2.45, 2.75) is 6.54 Å². The smallest absolute Gasteiger partial charge is 0.212 e. The van der Waals surface area contributed by atoms with E-state index in [1.807, 2.05) is 24.3 Å². The quantitative estimate of drug-likeness (QED) is 0.748. The average Bonchev–Trinajstić information content (AvgIpc) is 2.86. The van der Waals surface area contributed by atoms with Gasteiger partial charge in [-0.1, -0.05) is 12.1 Å². The number of benzene rings is 1. The van der Waals surface area contributed by atoms with Crippen LogP contribution in [0.1, 0.15) is 5.76 Å². The zero-order valence-electron chi connectivity index (χ0n) is 11.5. The Labute approximate surface area is 118 Å². The Bertz CT molecular complexity index is 679. The number of para-hydroxylation sites is 1. The fourth-order valence-corrected chi connectivity index (χ4v) is 2.47. The van der Waals surface area contributed by atoms with E-state index in [-0.39, 0.29) is 5.75 Å². The fourth-order valence-electron chi connectivity index (χ4n) is 1.86. The van der Waals surface area contributed by atoms with E-state index in [4.69, 9.17) is 9.15 Å². The van der Waals surface area contributed by atoms with Crippen LogP contribution < -0.4 is 14.8 Å². The molecule has 7 heteroatoms. The first-order valence-electron chi connectivity index (χ1n) is 6.23. The van der Waals surface area contributed by atoms with Crippen LogP contribution >= 0.6 is 0 Å². The molecule has 110 valence electrons. The second kappa shape index (κ2) is 6.25. The molecule has 1 aromatic heterocycles. The Balaban J connectivity index is 1.97. The summed E-state index contributed by atoms with van der Waals surface area (Å²) in [5.74, 6) is 1.46. The van der Waals surface area contributed by atoms with Crippen LogP contribution in [0.2, 0.25) is 0 Å². The van der Waals surface area contributed by atoms with Crippen molar-refractivity contribution in [1.82, 2.24) is 10.0 Å². The van der Waals surface area contributed by atoms with E-state index in [9.17, 15) is 8.42 Å². The van der Waals surface area contributed by atoms with E-state index >= 15 is 0 Å². The molecular formula is C13H18N2O4S. The number of furan rings is 1. The molecule has 2 rings (SSSR count). The number of nitrogens with one attached hydrogen (secondary N) is 2. The second-order valence-electron chi connectivity index (χ2n) is 4.29. The van der Waals surface area contributed by atoms with E-state index in [2.05, 4.69) is 10.0 Å². The number of hydrogen-bond donors (Lipinski definition) is 2. The molecule has 0 aliphatic heterocycles. The minimum absolute atomic E-state index is 0.0348. The van der Waals surface area contributed by atoms with Gasteiger partial charge in [0.1, 0.15) is 5.76 Å². The number of ether oxygens (including phenoxy) is 1. The summed E-state index contributed by atoms with van der Waals surface area (Å²) in [4.78, 5) is 0. The first kappa shape index (κ1) is 14.8. The van der Waals surface area contributed by atoms with Crippen molar-refractivity contribution in [3.8, 4) is 5.75 Å². The zero-order valence-corrected chi connectivity index (χ0v) is 12.3. The van der Waals surface area contributed by atoms with Crippen LogP contribution in [-0.4, -0.2) is 34.9 Å². The number of sulfonamides is 1. The Kier molecular flexibility index (Phi) is 4.64. The van der Waals surface area contributed by atoms with Gasteiger partial charge in [-0.05, 0) is 19.2 Å². The molecule has 1 aromatic carbocycles. The highest BCUT2D eigenvalue weighted by Crippen LogP contribution is 2.28. The molecule has 0 amide bonds. The summed E-state index contributed by atoms with van der Waals surface area (Å²) in [6.07, 6.45) is 0. The monoisotopic (exact) mass is 298 g/mol. The Hall–Kier alpha value is -1.57. The molecule has 1 heterocycles. The molecule has 20 heavy (non-hydrogen) atoms. The van der Waals surface area contributed by atoms with Gasteiger partial charge in [-0.15, -0.1) is 0 Å². The summed E-state index contributed by atoms with van der Waals surface area (Å²) in [5, 5.41) is 4.00. The molecule has 0 aliphatic rings. The molecule has 0 fully saturated rings. The van der Waals surface area contributed by atoms with Crippen molar-refractivity contribution in [1.29, 1.82) is 0 Å². The van der Waals surface area contributed by atoms with Gasteiger partial charge in [-0.25, -0.2) is 13.1 Å². The number of methoxy groups -OCH3 is 1. The van der Waals surface area contributed by atoms with E-state index in [0.29, 0.717) is 24.4 Å². The van der Waals surface area contributed by atoms with Gasteiger partial charge in [0.25, 0.3) is 0 Å². The molecule has 0 bridgehead atoms. The molecule has 0 aliphatic carbocycles. The van der Waals surface area contributed by atoms with Crippen molar-refractivity contribution in [3.63, 3.8) is 0 Å². The number of rotatable bonds is 7. The van der Waals surface area contributed by atoms with Gasteiger partial charge in [0, 0.05) is 11.9 Å². The van der Waals surface area contributed by atoms with E-state index in [1.165, 1.54) is 7.05 Å². The van der Waals surface area contributed by atoms with Crippen LogP contribution in [0.15, 0.2) is 28.7 Å². The highest BCUT2D eigenvalue weighted by Gasteiger charge is 2.09. The molecule has 6 nitrogen and oxygen atoms in total. The van der Waals surface area contributed by atoms with Crippen molar-refractivity contribution < 1.29 is 17.6 Å². The van der Waals surface area contributed by atoms with Gasteiger partial charge >= 0.3 is 0 Å². The van der Waals surface area contributed by atoms with Crippen LogP contribution in [0.25, 0.3) is 11.0 Å². The van der Waals surface area contributed by atoms with Crippen molar-refractivity contribution in [2.24, 2.45) is 0 Å². The molecule has 0 atom stereocenters. The summed E-state index contributed by atoms with van der Waals surface area (Å²) in [6, 6.07) is 7.59. The van der Waals surface area contributed by atoms with Crippen molar-refractivity contribution in [3.05, 3.63) is 30.0 Å². The lowest BCUT2D eigenvalue weighted by Crippen LogP contribution is -2.29. The molecule has 2 aromatic rings. The standard InChI is InChI=1S/C13H18N2O4S/c1-14-20(16,17)7-6-15-9-11-8-10-4-3-5-12(18-2)13(10)19-11/h3-5,8,14-15H,6-7,9H2,1-2H3. The van der Waals surface area contributed by atoms with Crippen LogP contribution in [0, 0.1) is 0 Å². The molecule has 0 radical (unpaired) electrons. The maximum Gasteiger partial charge on any atom is 0.212 e. The Morgan fingerprint density at radius 2 is 2.15 bits per heavy atom. The molecule has 0 unspecified atom stereocenters. The first-order chi connectivity index (χ1) is 9.55. The topological polar surface area (TPSA) is 80.6 Å². The highest BCUT2D eigenvalue weighted by atomic mass is 32.2. The van der Waals surface area contributed by atoms with Gasteiger partial charge in [0.15, 0.2) is 11.3 Å². The lowest BCUT2D eigenvalue weighted by Gasteiger charge is -2.03. The highest BCUT2D eigenvalue weighted by molar-refractivity contribution is 7.89.